The van der Waals surface area contributed by atoms with Crippen molar-refractivity contribution >= 4 is 12.6 Å². The molecule has 92 valence electrons. The van der Waals surface area contributed by atoms with Crippen LogP contribution in [-0.4, -0.2) is 10.4 Å². The number of nitrogens with zero attached hydrogens (tertiary/aromatic N) is 1. The summed E-state index contributed by atoms with van der Waals surface area (Å²) in [5.41, 5.74) is 2.27. The lowest BCUT2D eigenvalue weighted by atomic mass is 10.2. The molecule has 0 amide bonds. The zero-order valence-corrected chi connectivity index (χ0v) is 11.1. The zero-order valence-electron chi connectivity index (χ0n) is 10.2. The lowest BCUT2D eigenvalue weighted by Crippen LogP contribution is -2.04. The second kappa shape index (κ2) is 6.50. The molecule has 0 spiro atoms. The Morgan fingerprint density at radius 3 is 2.76 bits per heavy atom. The lowest BCUT2D eigenvalue weighted by molar-refractivity contribution is 0.131. The Hall–Kier alpha value is -1.22. The maximum atomic E-state index is 13.9. The van der Waals surface area contributed by atoms with Crippen molar-refractivity contribution in [1.82, 2.24) is 5.12 Å². The van der Waals surface area contributed by atoms with Crippen LogP contribution in [0.15, 0.2) is 60.0 Å². The van der Waals surface area contributed by atoms with Gasteiger partial charge in [0.05, 0.1) is 11.4 Å². The molecule has 1 unspecified atom stereocenters. The van der Waals surface area contributed by atoms with Gasteiger partial charge in [-0.25, -0.2) is 0 Å². The van der Waals surface area contributed by atoms with E-state index < -0.39 is 0 Å². The number of hydrogen-bond donors (Lipinski definition) is 1. The molecule has 1 nitrogen and oxygen atoms in total. The van der Waals surface area contributed by atoms with Crippen molar-refractivity contribution in [3.63, 3.8) is 0 Å². The maximum Gasteiger partial charge on any atom is 0.0736 e. The maximum absolute atomic E-state index is 13.9. The highest BCUT2D eigenvalue weighted by atomic mass is 32.1. The SMILES string of the molecule is C=C/C=C\C1=C(C)C/C(=C\C=C/C(C)S)N1F. The van der Waals surface area contributed by atoms with Gasteiger partial charge in [0, 0.05) is 11.7 Å². The molecule has 0 saturated heterocycles. The molecule has 1 aliphatic rings. The summed E-state index contributed by atoms with van der Waals surface area (Å²) in [6.45, 7) is 7.47. The second-order valence-electron chi connectivity index (χ2n) is 4.00. The predicted octanol–water partition coefficient (Wildman–Crippen LogP) is 4.35. The standard InChI is InChI=1S/C14H18FNS/c1-4-5-9-14-11(2)10-13(16(14)15)8-6-7-12(3)17/h4-9,12,17H,1,10H2,2-3H3/b7-6-,9-5-,13-8+. The predicted molar refractivity (Wildman–Crippen MR) is 75.3 cm³/mol. The van der Waals surface area contributed by atoms with Gasteiger partial charge in [-0.15, -0.1) is 0 Å². The number of thiol groups is 1. The lowest BCUT2D eigenvalue weighted by Gasteiger charge is -2.09. The van der Waals surface area contributed by atoms with Crippen LogP contribution in [0.3, 0.4) is 0 Å². The molecule has 1 rings (SSSR count). The van der Waals surface area contributed by atoms with Gasteiger partial charge < -0.3 is 0 Å². The van der Waals surface area contributed by atoms with E-state index in [1.165, 1.54) is 0 Å². The molecule has 0 N–H and O–H groups in total. The van der Waals surface area contributed by atoms with Crippen LogP contribution in [-0.2, 0) is 0 Å². The van der Waals surface area contributed by atoms with Gasteiger partial charge in [0.2, 0.25) is 0 Å². The second-order valence-corrected chi connectivity index (χ2v) is 4.82. The van der Waals surface area contributed by atoms with Gasteiger partial charge in [0.25, 0.3) is 0 Å². The van der Waals surface area contributed by atoms with E-state index in [0.717, 1.165) is 10.7 Å². The van der Waals surface area contributed by atoms with E-state index >= 15 is 0 Å². The summed E-state index contributed by atoms with van der Waals surface area (Å²) in [4.78, 5) is 0. The molecular weight excluding hydrogens is 233 g/mol. The summed E-state index contributed by atoms with van der Waals surface area (Å²) in [5.74, 6) is 0. The van der Waals surface area contributed by atoms with Crippen LogP contribution >= 0.6 is 12.6 Å². The molecular formula is C14H18FNS. The molecule has 3 heteroatoms. The highest BCUT2D eigenvalue weighted by Gasteiger charge is 2.22. The Labute approximate surface area is 108 Å². The Morgan fingerprint density at radius 2 is 2.18 bits per heavy atom. The molecule has 0 bridgehead atoms. The van der Waals surface area contributed by atoms with Crippen LogP contribution < -0.4 is 0 Å². The monoisotopic (exact) mass is 251 g/mol. The summed E-state index contributed by atoms with van der Waals surface area (Å²) >= 11 is 4.22. The Kier molecular flexibility index (Phi) is 5.29. The number of halogens is 1. The van der Waals surface area contributed by atoms with E-state index in [0.29, 0.717) is 17.8 Å². The minimum Gasteiger partial charge on any atom is -0.184 e. The van der Waals surface area contributed by atoms with Gasteiger partial charge in [-0.1, -0.05) is 35.4 Å². The van der Waals surface area contributed by atoms with Crippen molar-refractivity contribution in [2.45, 2.75) is 25.5 Å². The van der Waals surface area contributed by atoms with Crippen molar-refractivity contribution in [2.75, 3.05) is 0 Å². The van der Waals surface area contributed by atoms with Gasteiger partial charge in [-0.2, -0.15) is 17.8 Å². The molecule has 0 radical (unpaired) electrons. The average Bonchev–Trinajstić information content (AvgIpc) is 2.52. The van der Waals surface area contributed by atoms with Gasteiger partial charge in [-0.3, -0.25) is 0 Å². The highest BCUT2D eigenvalue weighted by molar-refractivity contribution is 7.81. The Bertz CT molecular complexity index is 402. The average molecular weight is 251 g/mol. The van der Waals surface area contributed by atoms with Crippen molar-refractivity contribution in [2.24, 2.45) is 0 Å². The third-order valence-electron chi connectivity index (χ3n) is 2.42. The largest absolute Gasteiger partial charge is 0.184 e. The van der Waals surface area contributed by atoms with E-state index in [4.69, 9.17) is 0 Å². The van der Waals surface area contributed by atoms with Crippen molar-refractivity contribution in [3.05, 3.63) is 60.0 Å². The first-order valence-electron chi connectivity index (χ1n) is 5.56. The molecule has 0 fully saturated rings. The number of hydrogen-bond acceptors (Lipinski definition) is 2. The Balaban J connectivity index is 2.79. The first-order chi connectivity index (χ1) is 8.06. The highest BCUT2D eigenvalue weighted by Crippen LogP contribution is 2.32. The fraction of sp³-hybridized carbons (Fsp3) is 0.286. The van der Waals surface area contributed by atoms with Crippen molar-refractivity contribution < 1.29 is 4.48 Å². The van der Waals surface area contributed by atoms with E-state index in [-0.39, 0.29) is 5.25 Å². The van der Waals surface area contributed by atoms with Crippen LogP contribution in [0.5, 0.6) is 0 Å². The Morgan fingerprint density at radius 1 is 1.47 bits per heavy atom. The van der Waals surface area contributed by atoms with Crippen LogP contribution in [0, 0.1) is 0 Å². The van der Waals surface area contributed by atoms with Crippen LogP contribution in [0.1, 0.15) is 20.3 Å². The molecule has 1 aliphatic heterocycles. The van der Waals surface area contributed by atoms with Gasteiger partial charge in [0.15, 0.2) is 0 Å². The molecule has 0 aromatic rings. The molecule has 0 aromatic carbocycles. The smallest absolute Gasteiger partial charge is 0.0736 e. The van der Waals surface area contributed by atoms with E-state index in [1.807, 2.05) is 26.0 Å². The number of rotatable bonds is 4. The minimum atomic E-state index is 0.176. The summed E-state index contributed by atoms with van der Waals surface area (Å²) in [6.07, 6.45) is 11.3. The first kappa shape index (κ1) is 13.8. The molecule has 17 heavy (non-hydrogen) atoms. The van der Waals surface area contributed by atoms with E-state index in [9.17, 15) is 4.48 Å². The van der Waals surface area contributed by atoms with Crippen LogP contribution in [0.2, 0.25) is 0 Å². The van der Waals surface area contributed by atoms with Gasteiger partial charge in [-0.05, 0) is 31.6 Å². The first-order valence-corrected chi connectivity index (χ1v) is 6.08. The minimum absolute atomic E-state index is 0.176. The summed E-state index contributed by atoms with van der Waals surface area (Å²) in [7, 11) is 0. The fourth-order valence-electron chi connectivity index (χ4n) is 1.57. The van der Waals surface area contributed by atoms with Crippen LogP contribution in [0.4, 0.5) is 4.48 Å². The van der Waals surface area contributed by atoms with Crippen molar-refractivity contribution in [1.29, 1.82) is 0 Å². The molecule has 1 heterocycles. The molecule has 1 atom stereocenters. The van der Waals surface area contributed by atoms with Crippen LogP contribution in [0.25, 0.3) is 0 Å². The van der Waals surface area contributed by atoms with Gasteiger partial charge >= 0.3 is 0 Å². The quantitative estimate of drug-likeness (QED) is 0.441. The van der Waals surface area contributed by atoms with E-state index in [2.05, 4.69) is 19.2 Å². The molecule has 0 saturated carbocycles. The summed E-state index contributed by atoms with van der Waals surface area (Å²) in [5, 5.41) is 0.901. The fourth-order valence-corrected chi connectivity index (χ4v) is 1.67. The topological polar surface area (TPSA) is 3.24 Å². The van der Waals surface area contributed by atoms with Crippen molar-refractivity contribution in [3.8, 4) is 0 Å². The normalized spacial score (nSPS) is 21.2. The molecule has 0 aromatic heterocycles. The van der Waals surface area contributed by atoms with Gasteiger partial charge in [0.1, 0.15) is 0 Å². The molecule has 0 aliphatic carbocycles. The van der Waals surface area contributed by atoms with E-state index in [1.54, 1.807) is 24.3 Å². The third kappa shape index (κ3) is 3.93. The summed E-state index contributed by atoms with van der Waals surface area (Å²) < 4.78 is 13.9. The third-order valence-corrected chi connectivity index (χ3v) is 2.59. The number of allylic oxidation sites excluding steroid dienone is 6. The summed E-state index contributed by atoms with van der Waals surface area (Å²) in [6, 6.07) is 0. The zero-order chi connectivity index (χ0) is 12.8.